The van der Waals surface area contributed by atoms with E-state index in [0.29, 0.717) is 11.1 Å². The second-order valence-electron chi connectivity index (χ2n) is 8.58. The van der Waals surface area contributed by atoms with Crippen molar-refractivity contribution in [3.63, 3.8) is 0 Å². The van der Waals surface area contributed by atoms with Crippen molar-refractivity contribution in [1.29, 1.82) is 0 Å². The lowest BCUT2D eigenvalue weighted by Gasteiger charge is -2.14. The maximum atomic E-state index is 14.8. The van der Waals surface area contributed by atoms with E-state index in [9.17, 15) is 22.8 Å². The maximum Gasteiger partial charge on any atom is 0.269 e. The van der Waals surface area contributed by atoms with E-state index in [1.807, 2.05) is 0 Å². The summed E-state index contributed by atoms with van der Waals surface area (Å²) in [5.41, 5.74) is 0.497. The van der Waals surface area contributed by atoms with Crippen molar-refractivity contribution in [2.24, 2.45) is 4.99 Å². The zero-order valence-corrected chi connectivity index (χ0v) is 19.9. The number of benzodiazepines with no additional fused rings is 1. The van der Waals surface area contributed by atoms with Gasteiger partial charge in [0.25, 0.3) is 11.8 Å². The number of para-hydroxylation sites is 1. The molecule has 0 fully saturated rings. The highest BCUT2D eigenvalue weighted by Crippen LogP contribution is 2.30. The summed E-state index contributed by atoms with van der Waals surface area (Å²) in [6.45, 7) is 0. The van der Waals surface area contributed by atoms with Gasteiger partial charge in [-0.3, -0.25) is 9.59 Å². The minimum absolute atomic E-state index is 0.0456. The number of aliphatic imine (C=N–C) groups is 1. The molecule has 0 saturated heterocycles. The SMILES string of the molecule is O=C(N[C@H]1N=C(c2ccccc2)c2cccc(F)c2NC1=O)c1c(-c2cccc(F)c2F)nn2cccnc12. The highest BCUT2D eigenvalue weighted by molar-refractivity contribution is 6.20. The van der Waals surface area contributed by atoms with Crippen LogP contribution in [-0.2, 0) is 4.79 Å². The molecule has 0 aliphatic carbocycles. The molecule has 0 radical (unpaired) electrons. The molecule has 39 heavy (non-hydrogen) atoms. The van der Waals surface area contributed by atoms with Gasteiger partial charge in [-0.25, -0.2) is 27.7 Å². The summed E-state index contributed by atoms with van der Waals surface area (Å²) in [5.74, 6) is -4.66. The van der Waals surface area contributed by atoms with Crippen molar-refractivity contribution in [3.8, 4) is 11.3 Å². The van der Waals surface area contributed by atoms with Crippen LogP contribution in [0.1, 0.15) is 21.5 Å². The number of fused-ring (bicyclic) bond motifs is 2. The number of rotatable bonds is 4. The summed E-state index contributed by atoms with van der Waals surface area (Å²) < 4.78 is 44.8. The van der Waals surface area contributed by atoms with Gasteiger partial charge in [-0.1, -0.05) is 48.5 Å². The van der Waals surface area contributed by atoms with Crippen LogP contribution < -0.4 is 10.6 Å². The quantitative estimate of drug-likeness (QED) is 0.364. The normalized spacial score (nSPS) is 14.8. The molecule has 1 atom stereocenters. The van der Waals surface area contributed by atoms with Gasteiger partial charge >= 0.3 is 0 Å². The second-order valence-corrected chi connectivity index (χ2v) is 8.58. The molecule has 2 amide bonds. The molecule has 3 heterocycles. The fourth-order valence-electron chi connectivity index (χ4n) is 4.39. The van der Waals surface area contributed by atoms with Crippen LogP contribution in [0, 0.1) is 17.5 Å². The minimum atomic E-state index is -1.51. The first-order valence-electron chi connectivity index (χ1n) is 11.7. The van der Waals surface area contributed by atoms with Crippen molar-refractivity contribution >= 4 is 28.9 Å². The van der Waals surface area contributed by atoms with Crippen molar-refractivity contribution in [3.05, 3.63) is 119 Å². The molecule has 2 aromatic heterocycles. The number of amides is 2. The van der Waals surface area contributed by atoms with Crippen LogP contribution in [0.5, 0.6) is 0 Å². The van der Waals surface area contributed by atoms with Crippen molar-refractivity contribution in [2.45, 2.75) is 6.17 Å². The van der Waals surface area contributed by atoms with E-state index >= 15 is 0 Å². The van der Waals surface area contributed by atoms with Crippen LogP contribution in [-0.4, -0.2) is 38.3 Å². The van der Waals surface area contributed by atoms with Gasteiger partial charge in [0.05, 0.1) is 11.4 Å². The molecule has 6 rings (SSSR count). The molecule has 1 aliphatic heterocycles. The molecular formula is C28H17F3N6O2. The van der Waals surface area contributed by atoms with Gasteiger partial charge in [0.15, 0.2) is 17.3 Å². The molecule has 8 nitrogen and oxygen atoms in total. The highest BCUT2D eigenvalue weighted by atomic mass is 19.2. The molecular weight excluding hydrogens is 509 g/mol. The third-order valence-corrected chi connectivity index (χ3v) is 6.17. The molecule has 5 aromatic rings. The van der Waals surface area contributed by atoms with Crippen LogP contribution in [0.3, 0.4) is 0 Å². The largest absolute Gasteiger partial charge is 0.322 e. The number of hydrogen-bond acceptors (Lipinski definition) is 5. The number of carbonyl (C=O) groups is 2. The van der Waals surface area contributed by atoms with E-state index in [-0.39, 0.29) is 33.9 Å². The first-order valence-corrected chi connectivity index (χ1v) is 11.7. The maximum absolute atomic E-state index is 14.8. The molecule has 11 heteroatoms. The number of anilines is 1. The Labute approximate surface area is 218 Å². The third kappa shape index (κ3) is 4.19. The van der Waals surface area contributed by atoms with E-state index < -0.39 is 35.4 Å². The summed E-state index contributed by atoms with van der Waals surface area (Å²) in [6, 6.07) is 18.1. The van der Waals surface area contributed by atoms with E-state index in [4.69, 9.17) is 0 Å². The van der Waals surface area contributed by atoms with Gasteiger partial charge in [0, 0.05) is 29.1 Å². The molecule has 3 aromatic carbocycles. The van der Waals surface area contributed by atoms with Crippen molar-refractivity contribution < 1.29 is 22.8 Å². The number of hydrogen-bond donors (Lipinski definition) is 2. The fourth-order valence-corrected chi connectivity index (χ4v) is 4.39. The van der Waals surface area contributed by atoms with Crippen molar-refractivity contribution in [1.82, 2.24) is 19.9 Å². The number of nitrogens with one attached hydrogen (secondary N) is 2. The predicted molar refractivity (Wildman–Crippen MR) is 137 cm³/mol. The van der Waals surface area contributed by atoms with Gasteiger partial charge in [0.2, 0.25) is 6.17 Å². The topological polar surface area (TPSA) is 101 Å². The third-order valence-electron chi connectivity index (χ3n) is 6.17. The molecule has 0 unspecified atom stereocenters. The average molecular weight is 526 g/mol. The molecule has 0 spiro atoms. The molecule has 2 N–H and O–H groups in total. The summed E-state index contributed by atoms with van der Waals surface area (Å²) in [5, 5.41) is 9.28. The van der Waals surface area contributed by atoms with Gasteiger partial charge in [-0.05, 0) is 24.3 Å². The lowest BCUT2D eigenvalue weighted by atomic mass is 10.0. The summed E-state index contributed by atoms with van der Waals surface area (Å²) in [4.78, 5) is 35.5. The van der Waals surface area contributed by atoms with Gasteiger partial charge in [-0.2, -0.15) is 5.10 Å². The molecule has 0 bridgehead atoms. The zero-order valence-electron chi connectivity index (χ0n) is 19.9. The van der Waals surface area contributed by atoms with E-state index in [2.05, 4.69) is 25.7 Å². The lowest BCUT2D eigenvalue weighted by molar-refractivity contribution is -0.117. The molecule has 0 saturated carbocycles. The van der Waals surface area contributed by atoms with Gasteiger partial charge < -0.3 is 10.6 Å². The summed E-state index contributed by atoms with van der Waals surface area (Å²) in [7, 11) is 0. The Kier molecular flexibility index (Phi) is 5.87. The summed E-state index contributed by atoms with van der Waals surface area (Å²) in [6.07, 6.45) is 1.38. The van der Waals surface area contributed by atoms with Crippen LogP contribution in [0.15, 0.2) is 90.2 Å². The number of benzene rings is 3. The Morgan fingerprint density at radius 2 is 1.64 bits per heavy atom. The number of halogens is 3. The van der Waals surface area contributed by atoms with Gasteiger partial charge in [0.1, 0.15) is 17.1 Å². The van der Waals surface area contributed by atoms with Crippen LogP contribution in [0.2, 0.25) is 0 Å². The predicted octanol–water partition coefficient (Wildman–Crippen LogP) is 4.36. The first-order chi connectivity index (χ1) is 18.9. The Balaban J connectivity index is 1.47. The molecule has 1 aliphatic rings. The van der Waals surface area contributed by atoms with Crippen LogP contribution in [0.4, 0.5) is 18.9 Å². The lowest BCUT2D eigenvalue weighted by Crippen LogP contribution is -2.42. The monoisotopic (exact) mass is 526 g/mol. The standard InChI is InChI=1S/C28H17F3N6O2/c29-18-11-4-9-16(21(18)31)24-20(26-32-13-6-14-37(26)36-24)27(38)35-25-28(39)34-23-17(10-5-12-19(23)30)22(33-25)15-7-2-1-3-8-15/h1-14,25H,(H,34,39)(H,35,38)/t25-/m1/s1. The smallest absolute Gasteiger partial charge is 0.269 e. The minimum Gasteiger partial charge on any atom is -0.322 e. The van der Waals surface area contributed by atoms with Gasteiger partial charge in [-0.15, -0.1) is 0 Å². The van der Waals surface area contributed by atoms with Crippen LogP contribution in [0.25, 0.3) is 16.9 Å². The Morgan fingerprint density at radius 3 is 2.44 bits per heavy atom. The van der Waals surface area contributed by atoms with Crippen molar-refractivity contribution in [2.75, 3.05) is 5.32 Å². The molecule has 192 valence electrons. The summed E-state index contributed by atoms with van der Waals surface area (Å²) >= 11 is 0. The van der Waals surface area contributed by atoms with Crippen LogP contribution >= 0.6 is 0 Å². The number of nitrogens with zero attached hydrogens (tertiary/aromatic N) is 4. The Morgan fingerprint density at radius 1 is 0.897 bits per heavy atom. The second kappa shape index (κ2) is 9.53. The van der Waals surface area contributed by atoms with E-state index in [1.165, 1.54) is 41.2 Å². The number of carbonyl (C=O) groups excluding carboxylic acids is 2. The highest BCUT2D eigenvalue weighted by Gasteiger charge is 2.32. The Hall–Kier alpha value is -5.32. The first kappa shape index (κ1) is 24.0. The fraction of sp³-hybridized carbons (Fsp3) is 0.0357. The number of aromatic nitrogens is 3. The average Bonchev–Trinajstić information content (AvgIpc) is 3.27. The van der Waals surface area contributed by atoms with E-state index in [0.717, 1.165) is 6.07 Å². The van der Waals surface area contributed by atoms with E-state index in [1.54, 1.807) is 42.5 Å². The Bertz CT molecular complexity index is 1800. The zero-order chi connectivity index (χ0) is 27.1.